The Labute approximate surface area is 115 Å². The molecule has 1 heterocycles. The van der Waals surface area contributed by atoms with Gasteiger partial charge in [-0.2, -0.15) is 0 Å². The van der Waals surface area contributed by atoms with Gasteiger partial charge < -0.3 is 9.73 Å². The first-order valence-corrected chi connectivity index (χ1v) is 6.13. The number of rotatable bonds is 3. The number of benzene rings is 1. The molecule has 0 fully saturated rings. The van der Waals surface area contributed by atoms with Crippen molar-refractivity contribution < 1.29 is 9.21 Å². The van der Waals surface area contributed by atoms with E-state index in [2.05, 4.69) is 5.32 Å². The molecule has 0 spiro atoms. The summed E-state index contributed by atoms with van der Waals surface area (Å²) in [6.45, 7) is 1.86. The van der Waals surface area contributed by atoms with Crippen LogP contribution in [0.3, 0.4) is 0 Å². The SMILES string of the molecule is CC(NC(=O)c1ccco1)c1ccc(Cl)c(Cl)c1. The Morgan fingerprint density at radius 3 is 2.67 bits per heavy atom. The summed E-state index contributed by atoms with van der Waals surface area (Å²) in [6, 6.07) is 8.35. The molecule has 18 heavy (non-hydrogen) atoms. The van der Waals surface area contributed by atoms with Gasteiger partial charge in [-0.15, -0.1) is 0 Å². The maximum absolute atomic E-state index is 11.8. The third-order valence-electron chi connectivity index (χ3n) is 2.54. The highest BCUT2D eigenvalue weighted by atomic mass is 35.5. The minimum atomic E-state index is -0.265. The minimum absolute atomic E-state index is 0.183. The summed E-state index contributed by atoms with van der Waals surface area (Å²) in [7, 11) is 0. The van der Waals surface area contributed by atoms with Gasteiger partial charge in [-0.05, 0) is 36.8 Å². The van der Waals surface area contributed by atoms with Crippen molar-refractivity contribution in [1.82, 2.24) is 5.32 Å². The highest BCUT2D eigenvalue weighted by Gasteiger charge is 2.14. The second-order valence-electron chi connectivity index (χ2n) is 3.85. The molecule has 0 bridgehead atoms. The predicted molar refractivity (Wildman–Crippen MR) is 71.1 cm³/mol. The first kappa shape index (κ1) is 13.0. The summed E-state index contributed by atoms with van der Waals surface area (Å²) in [4.78, 5) is 11.8. The first-order valence-electron chi connectivity index (χ1n) is 5.37. The van der Waals surface area contributed by atoms with Crippen LogP contribution < -0.4 is 5.32 Å². The smallest absolute Gasteiger partial charge is 0.287 e. The topological polar surface area (TPSA) is 42.2 Å². The molecule has 1 atom stereocenters. The zero-order chi connectivity index (χ0) is 13.1. The van der Waals surface area contributed by atoms with Crippen LogP contribution >= 0.6 is 23.2 Å². The molecule has 94 valence electrons. The van der Waals surface area contributed by atoms with Crippen LogP contribution in [0, 0.1) is 0 Å². The van der Waals surface area contributed by atoms with E-state index in [0.717, 1.165) is 5.56 Å². The standard InChI is InChI=1S/C13H11Cl2NO2/c1-8(9-4-5-10(14)11(15)7-9)16-13(17)12-3-2-6-18-12/h2-8H,1H3,(H,16,17). The lowest BCUT2D eigenvalue weighted by Gasteiger charge is -2.14. The molecule has 1 N–H and O–H groups in total. The Morgan fingerprint density at radius 2 is 2.06 bits per heavy atom. The van der Waals surface area contributed by atoms with Gasteiger partial charge in [0, 0.05) is 0 Å². The summed E-state index contributed by atoms with van der Waals surface area (Å²) in [5, 5.41) is 3.77. The van der Waals surface area contributed by atoms with E-state index in [4.69, 9.17) is 27.6 Å². The summed E-state index contributed by atoms with van der Waals surface area (Å²) < 4.78 is 5.02. The fourth-order valence-electron chi connectivity index (χ4n) is 1.54. The van der Waals surface area contributed by atoms with Gasteiger partial charge in [0.15, 0.2) is 5.76 Å². The number of furan rings is 1. The lowest BCUT2D eigenvalue weighted by Crippen LogP contribution is -2.26. The number of carbonyl (C=O) groups is 1. The molecule has 1 aromatic carbocycles. The average molecular weight is 284 g/mol. The molecular formula is C13H11Cl2NO2. The van der Waals surface area contributed by atoms with Crippen molar-refractivity contribution in [2.75, 3.05) is 0 Å². The van der Waals surface area contributed by atoms with Crippen LogP contribution in [0.2, 0.25) is 10.0 Å². The zero-order valence-electron chi connectivity index (χ0n) is 9.61. The molecule has 0 aliphatic heterocycles. The van der Waals surface area contributed by atoms with Crippen LogP contribution in [-0.2, 0) is 0 Å². The quantitative estimate of drug-likeness (QED) is 0.922. The monoisotopic (exact) mass is 283 g/mol. The molecule has 0 saturated carbocycles. The van der Waals surface area contributed by atoms with Gasteiger partial charge in [-0.3, -0.25) is 4.79 Å². The van der Waals surface area contributed by atoms with Crippen LogP contribution in [0.15, 0.2) is 41.0 Å². The molecule has 1 amide bonds. The van der Waals surface area contributed by atoms with Crippen molar-refractivity contribution >= 4 is 29.1 Å². The lowest BCUT2D eigenvalue weighted by atomic mass is 10.1. The van der Waals surface area contributed by atoms with E-state index in [-0.39, 0.29) is 17.7 Å². The number of hydrogen-bond acceptors (Lipinski definition) is 2. The van der Waals surface area contributed by atoms with Gasteiger partial charge in [0.1, 0.15) is 0 Å². The van der Waals surface area contributed by atoms with Crippen molar-refractivity contribution in [3.8, 4) is 0 Å². The average Bonchev–Trinajstić information content (AvgIpc) is 2.86. The molecule has 3 nitrogen and oxygen atoms in total. The number of amides is 1. The van der Waals surface area contributed by atoms with Crippen molar-refractivity contribution in [3.05, 3.63) is 58.0 Å². The molecule has 2 rings (SSSR count). The van der Waals surface area contributed by atoms with Crippen molar-refractivity contribution in [2.45, 2.75) is 13.0 Å². The van der Waals surface area contributed by atoms with E-state index >= 15 is 0 Å². The number of halogens is 2. The van der Waals surface area contributed by atoms with Crippen LogP contribution in [-0.4, -0.2) is 5.91 Å². The van der Waals surface area contributed by atoms with E-state index in [0.29, 0.717) is 10.0 Å². The van der Waals surface area contributed by atoms with Gasteiger partial charge in [-0.25, -0.2) is 0 Å². The van der Waals surface area contributed by atoms with Crippen LogP contribution in [0.4, 0.5) is 0 Å². The number of hydrogen-bond donors (Lipinski definition) is 1. The predicted octanol–water partition coefficient (Wildman–Crippen LogP) is 4.08. The highest BCUT2D eigenvalue weighted by molar-refractivity contribution is 6.42. The highest BCUT2D eigenvalue weighted by Crippen LogP contribution is 2.25. The Morgan fingerprint density at radius 1 is 1.28 bits per heavy atom. The van der Waals surface area contributed by atoms with E-state index in [1.165, 1.54) is 6.26 Å². The molecule has 2 aromatic rings. The first-order chi connectivity index (χ1) is 8.58. The second kappa shape index (κ2) is 5.46. The molecular weight excluding hydrogens is 273 g/mol. The van der Waals surface area contributed by atoms with E-state index in [1.54, 1.807) is 24.3 Å². The fourth-order valence-corrected chi connectivity index (χ4v) is 1.85. The largest absolute Gasteiger partial charge is 0.459 e. The Kier molecular flexibility index (Phi) is 3.94. The maximum Gasteiger partial charge on any atom is 0.287 e. The van der Waals surface area contributed by atoms with Crippen LogP contribution in [0.25, 0.3) is 0 Å². The molecule has 1 unspecified atom stereocenters. The van der Waals surface area contributed by atoms with Crippen molar-refractivity contribution in [1.29, 1.82) is 0 Å². The minimum Gasteiger partial charge on any atom is -0.459 e. The Bertz CT molecular complexity index is 552. The van der Waals surface area contributed by atoms with Crippen LogP contribution in [0.5, 0.6) is 0 Å². The number of nitrogens with one attached hydrogen (secondary N) is 1. The maximum atomic E-state index is 11.8. The van der Waals surface area contributed by atoms with Gasteiger partial charge in [0.05, 0.1) is 22.4 Å². The van der Waals surface area contributed by atoms with E-state index in [1.807, 2.05) is 13.0 Å². The number of carbonyl (C=O) groups excluding carboxylic acids is 1. The van der Waals surface area contributed by atoms with Crippen molar-refractivity contribution in [3.63, 3.8) is 0 Å². The second-order valence-corrected chi connectivity index (χ2v) is 4.66. The lowest BCUT2D eigenvalue weighted by molar-refractivity contribution is 0.0912. The Balaban J connectivity index is 2.10. The summed E-state index contributed by atoms with van der Waals surface area (Å²) in [5.74, 6) is 0.0143. The van der Waals surface area contributed by atoms with Crippen LogP contribution in [0.1, 0.15) is 29.1 Å². The fraction of sp³-hybridized carbons (Fsp3) is 0.154. The van der Waals surface area contributed by atoms with Gasteiger partial charge >= 0.3 is 0 Å². The molecule has 0 saturated heterocycles. The summed E-state index contributed by atoms with van der Waals surface area (Å²) >= 11 is 11.8. The van der Waals surface area contributed by atoms with E-state index in [9.17, 15) is 4.79 Å². The van der Waals surface area contributed by atoms with Crippen molar-refractivity contribution in [2.24, 2.45) is 0 Å². The molecule has 5 heteroatoms. The third kappa shape index (κ3) is 2.86. The zero-order valence-corrected chi connectivity index (χ0v) is 11.1. The third-order valence-corrected chi connectivity index (χ3v) is 3.28. The molecule has 1 aromatic heterocycles. The molecule has 0 aliphatic rings. The van der Waals surface area contributed by atoms with E-state index < -0.39 is 0 Å². The normalized spacial score (nSPS) is 12.2. The summed E-state index contributed by atoms with van der Waals surface area (Å²) in [6.07, 6.45) is 1.46. The van der Waals surface area contributed by atoms with Gasteiger partial charge in [0.2, 0.25) is 0 Å². The molecule has 0 radical (unpaired) electrons. The molecule has 0 aliphatic carbocycles. The van der Waals surface area contributed by atoms with Gasteiger partial charge in [-0.1, -0.05) is 29.3 Å². The van der Waals surface area contributed by atoms with Gasteiger partial charge in [0.25, 0.3) is 5.91 Å². The summed E-state index contributed by atoms with van der Waals surface area (Å²) in [5.41, 5.74) is 0.879. The Hall–Kier alpha value is -1.45.